The molecule has 3 nitrogen and oxygen atoms in total. The topological polar surface area (TPSA) is 13.1 Å². The highest BCUT2D eigenvalue weighted by molar-refractivity contribution is 7.25. The summed E-state index contributed by atoms with van der Waals surface area (Å²) < 4.78 is 7.49. The lowest BCUT2D eigenvalue weighted by Crippen LogP contribution is -2.09. The van der Waals surface area contributed by atoms with Crippen molar-refractivity contribution in [1.82, 2.24) is 9.13 Å². The number of benzene rings is 8. The van der Waals surface area contributed by atoms with Gasteiger partial charge in [-0.05, 0) is 96.1 Å². The van der Waals surface area contributed by atoms with Crippen LogP contribution in [0.4, 0.5) is 17.1 Å². The van der Waals surface area contributed by atoms with Gasteiger partial charge in [0, 0.05) is 64.8 Å². The Bertz CT molecular complexity index is 3140. The molecule has 0 spiro atoms. The van der Waals surface area contributed by atoms with Crippen molar-refractivity contribution in [2.75, 3.05) is 4.90 Å². The van der Waals surface area contributed by atoms with Crippen molar-refractivity contribution >= 4 is 81.4 Å². The second kappa shape index (κ2) is 12.4. The van der Waals surface area contributed by atoms with Crippen LogP contribution in [-0.2, 0) is 0 Å². The van der Waals surface area contributed by atoms with Gasteiger partial charge in [0.1, 0.15) is 5.65 Å². The first-order valence-corrected chi connectivity index (χ1v) is 19.2. The second-order valence-corrected chi connectivity index (χ2v) is 14.8. The molecule has 0 aliphatic carbocycles. The zero-order valence-corrected chi connectivity index (χ0v) is 30.1. The van der Waals surface area contributed by atoms with Gasteiger partial charge in [-0.1, -0.05) is 115 Å². The van der Waals surface area contributed by atoms with E-state index in [2.05, 4.69) is 214 Å². The number of fused-ring (bicyclic) bond motifs is 8. The fraction of sp³-hybridized carbons (Fsp3) is 0. The van der Waals surface area contributed by atoms with Gasteiger partial charge in [0.2, 0.25) is 0 Å². The van der Waals surface area contributed by atoms with Crippen molar-refractivity contribution in [3.8, 4) is 22.5 Å². The third kappa shape index (κ3) is 4.74. The third-order valence-electron chi connectivity index (χ3n) is 10.7. The van der Waals surface area contributed by atoms with Crippen LogP contribution in [0.3, 0.4) is 0 Å². The molecule has 0 unspecified atom stereocenters. The van der Waals surface area contributed by atoms with E-state index in [1.807, 2.05) is 11.3 Å². The minimum Gasteiger partial charge on any atom is -0.310 e. The number of hydrogen-bond donors (Lipinski definition) is 0. The minimum atomic E-state index is 1.11. The average Bonchev–Trinajstić information content (AvgIpc) is 3.89. The van der Waals surface area contributed by atoms with E-state index in [4.69, 9.17) is 0 Å². The lowest BCUT2D eigenvalue weighted by Gasteiger charge is -2.26. The second-order valence-electron chi connectivity index (χ2n) is 13.8. The van der Waals surface area contributed by atoms with Crippen LogP contribution < -0.4 is 4.90 Å². The van der Waals surface area contributed by atoms with Crippen LogP contribution in [-0.4, -0.2) is 9.13 Å². The van der Waals surface area contributed by atoms with Crippen molar-refractivity contribution in [3.63, 3.8) is 0 Å². The molecule has 0 radical (unpaired) electrons. The highest BCUT2D eigenvalue weighted by atomic mass is 32.1. The van der Waals surface area contributed by atoms with E-state index < -0.39 is 0 Å². The summed E-state index contributed by atoms with van der Waals surface area (Å²) in [4.78, 5) is 2.37. The summed E-state index contributed by atoms with van der Waals surface area (Å²) in [5, 5.41) is 6.35. The SMILES string of the molecule is c1ccc(N(c2ccc(-c3cccc4c3c3c5ccccc5n(-c5ccccc5)c3n4-c3ccccc3)cc2)c2ccc3sc4ccccc4c3c2)cc1. The van der Waals surface area contributed by atoms with Crippen LogP contribution >= 0.6 is 11.3 Å². The lowest BCUT2D eigenvalue weighted by atomic mass is 9.98. The van der Waals surface area contributed by atoms with E-state index in [0.717, 1.165) is 28.4 Å². The quantitative estimate of drug-likeness (QED) is 0.168. The molecule has 0 bridgehead atoms. The summed E-state index contributed by atoms with van der Waals surface area (Å²) in [7, 11) is 0. The van der Waals surface area contributed by atoms with Gasteiger partial charge in [0.05, 0.1) is 11.0 Å². The van der Waals surface area contributed by atoms with E-state index in [1.54, 1.807) is 0 Å². The molecule has 0 amide bonds. The molecule has 11 rings (SSSR count). The Kier molecular flexibility index (Phi) is 7.04. The normalized spacial score (nSPS) is 11.7. The van der Waals surface area contributed by atoms with Crippen molar-refractivity contribution in [1.29, 1.82) is 0 Å². The van der Waals surface area contributed by atoms with Crippen LogP contribution in [0.5, 0.6) is 0 Å². The Morgan fingerprint density at radius 2 is 0.926 bits per heavy atom. The van der Waals surface area contributed by atoms with Crippen LogP contribution in [0.15, 0.2) is 200 Å². The number of hydrogen-bond acceptors (Lipinski definition) is 2. The maximum atomic E-state index is 2.44. The molecular formula is C50H33N3S. The molecule has 3 heterocycles. The summed E-state index contributed by atoms with van der Waals surface area (Å²) in [5.41, 5.74) is 11.6. The molecule has 0 saturated heterocycles. The number of rotatable bonds is 6. The maximum absolute atomic E-state index is 2.44. The molecule has 8 aromatic carbocycles. The summed E-state index contributed by atoms with van der Waals surface area (Å²) in [6.07, 6.45) is 0. The molecule has 4 heteroatoms. The van der Waals surface area contributed by atoms with Gasteiger partial charge in [-0.15, -0.1) is 11.3 Å². The predicted molar refractivity (Wildman–Crippen MR) is 231 cm³/mol. The van der Waals surface area contributed by atoms with Gasteiger partial charge in [0.15, 0.2) is 0 Å². The Labute approximate surface area is 316 Å². The van der Waals surface area contributed by atoms with Crippen molar-refractivity contribution in [3.05, 3.63) is 200 Å². The maximum Gasteiger partial charge on any atom is 0.131 e. The number of aromatic nitrogens is 2. The number of nitrogens with zero attached hydrogens (tertiary/aromatic N) is 3. The summed E-state index contributed by atoms with van der Waals surface area (Å²) in [6.45, 7) is 0. The first-order chi connectivity index (χ1) is 26.8. The molecular weight excluding hydrogens is 675 g/mol. The third-order valence-corrected chi connectivity index (χ3v) is 11.8. The first-order valence-electron chi connectivity index (χ1n) is 18.4. The smallest absolute Gasteiger partial charge is 0.131 e. The van der Waals surface area contributed by atoms with Gasteiger partial charge in [0.25, 0.3) is 0 Å². The van der Waals surface area contributed by atoms with Gasteiger partial charge in [-0.2, -0.15) is 0 Å². The summed E-state index contributed by atoms with van der Waals surface area (Å²) in [5.74, 6) is 0. The molecule has 254 valence electrons. The molecule has 3 aromatic heterocycles. The average molecular weight is 708 g/mol. The van der Waals surface area contributed by atoms with Gasteiger partial charge < -0.3 is 4.90 Å². The Hall–Kier alpha value is -6.88. The Morgan fingerprint density at radius 1 is 0.370 bits per heavy atom. The van der Waals surface area contributed by atoms with E-state index in [0.29, 0.717) is 0 Å². The van der Waals surface area contributed by atoms with Gasteiger partial charge in [-0.3, -0.25) is 9.13 Å². The Balaban J connectivity index is 1.13. The van der Waals surface area contributed by atoms with Crippen molar-refractivity contribution < 1.29 is 0 Å². The molecule has 0 saturated carbocycles. The molecule has 0 aliphatic rings. The molecule has 0 N–H and O–H groups in total. The molecule has 0 aliphatic heterocycles. The van der Waals surface area contributed by atoms with E-state index in [-0.39, 0.29) is 0 Å². The van der Waals surface area contributed by atoms with Crippen LogP contribution in [0.2, 0.25) is 0 Å². The molecule has 0 atom stereocenters. The zero-order chi connectivity index (χ0) is 35.6. The van der Waals surface area contributed by atoms with Gasteiger partial charge in [-0.25, -0.2) is 0 Å². The molecule has 11 aromatic rings. The standard InChI is InChI=1S/C50H33N3S/c1-4-15-35(16-5-1)51(39-31-32-47-43(33-39)41-21-11-13-26-46(41)54-47)38-29-27-34(28-30-38)40-23-14-25-45-48(40)49-42-22-10-12-24-44(42)52(36-17-6-2-7-18-36)50(49)53(45)37-19-8-3-9-20-37/h1-33H. The predicted octanol–water partition coefficient (Wildman–Crippen LogP) is 14.2. The number of anilines is 3. The van der Waals surface area contributed by atoms with E-state index in [9.17, 15) is 0 Å². The van der Waals surface area contributed by atoms with Crippen LogP contribution in [0.25, 0.3) is 75.5 Å². The first kappa shape index (κ1) is 30.7. The van der Waals surface area contributed by atoms with Crippen LogP contribution in [0.1, 0.15) is 0 Å². The van der Waals surface area contributed by atoms with E-state index >= 15 is 0 Å². The Morgan fingerprint density at radius 3 is 1.67 bits per heavy atom. The summed E-state index contributed by atoms with van der Waals surface area (Å²) >= 11 is 1.85. The number of para-hydroxylation sites is 4. The fourth-order valence-electron chi connectivity index (χ4n) is 8.37. The molecule has 0 fully saturated rings. The highest BCUT2D eigenvalue weighted by Gasteiger charge is 2.24. The van der Waals surface area contributed by atoms with Crippen molar-refractivity contribution in [2.24, 2.45) is 0 Å². The molecule has 54 heavy (non-hydrogen) atoms. The summed E-state index contributed by atoms with van der Waals surface area (Å²) in [6, 6.07) is 72.5. The van der Waals surface area contributed by atoms with Crippen LogP contribution in [0, 0.1) is 0 Å². The number of thiophene rings is 1. The van der Waals surface area contributed by atoms with Crippen molar-refractivity contribution in [2.45, 2.75) is 0 Å². The lowest BCUT2D eigenvalue weighted by molar-refractivity contribution is 1.07. The largest absolute Gasteiger partial charge is 0.310 e. The highest BCUT2D eigenvalue weighted by Crippen LogP contribution is 2.45. The zero-order valence-electron chi connectivity index (χ0n) is 29.3. The van der Waals surface area contributed by atoms with E-state index in [1.165, 1.54) is 64.1 Å². The fourth-order valence-corrected chi connectivity index (χ4v) is 9.46. The van der Waals surface area contributed by atoms with Gasteiger partial charge >= 0.3 is 0 Å². The minimum absolute atomic E-state index is 1.11. The monoisotopic (exact) mass is 707 g/mol.